The number of hydrogen-bond donors (Lipinski definition) is 0. The van der Waals surface area contributed by atoms with Crippen LogP contribution in [0.1, 0.15) is 57.9 Å². The normalized spacial score (nSPS) is 19.7. The second-order valence-electron chi connectivity index (χ2n) is 9.89. The fourth-order valence-corrected chi connectivity index (χ4v) is 5.33. The number of rotatable bonds is 6. The monoisotopic (exact) mass is 677 g/mol. The fraction of sp³-hybridized carbons (Fsp3) is 0.114. The molecule has 220 valence electrons. The van der Waals surface area contributed by atoms with E-state index in [9.17, 15) is 0 Å². The zero-order valence-corrected chi connectivity index (χ0v) is 27.0. The Balaban J connectivity index is 0.00000132. The van der Waals surface area contributed by atoms with E-state index in [1.54, 1.807) is 0 Å². The third kappa shape index (κ3) is 7.21. The van der Waals surface area contributed by atoms with Gasteiger partial charge < -0.3 is 46.7 Å². The Labute approximate surface area is 288 Å². The maximum atomic E-state index is 6.51. The first kappa shape index (κ1) is 34.9. The van der Waals surface area contributed by atoms with E-state index >= 15 is 0 Å². The van der Waals surface area contributed by atoms with Crippen molar-refractivity contribution in [2.45, 2.75) is 24.3 Å². The molecule has 5 nitrogen and oxygen atoms in total. The van der Waals surface area contributed by atoms with E-state index in [2.05, 4.69) is 48.5 Å². The van der Waals surface area contributed by atoms with Gasteiger partial charge in [0.1, 0.15) is 23.5 Å². The van der Waals surface area contributed by atoms with Crippen LogP contribution in [0.15, 0.2) is 150 Å². The van der Waals surface area contributed by atoms with Gasteiger partial charge in [0.05, 0.1) is 0 Å². The number of pyridine rings is 1. The summed E-state index contributed by atoms with van der Waals surface area (Å²) >= 11 is 0. The third-order valence-electron chi connectivity index (χ3n) is 7.29. The van der Waals surface area contributed by atoms with E-state index in [1.807, 2.05) is 91.0 Å². The smallest absolute Gasteiger partial charge is 1.00 e. The largest absolute Gasteiger partial charge is 3.00 e. The molecule has 0 N–H and O–H groups in total. The van der Waals surface area contributed by atoms with Gasteiger partial charge in [0.25, 0.3) is 0 Å². The van der Waals surface area contributed by atoms with Crippen molar-refractivity contribution in [1.29, 1.82) is 0 Å². The molecule has 0 radical (unpaired) electrons. The quantitative estimate of drug-likeness (QED) is 0.223. The molecule has 0 aliphatic carbocycles. The summed E-state index contributed by atoms with van der Waals surface area (Å²) in [6, 6.07) is 46.4. The molecule has 0 spiro atoms. The predicted molar refractivity (Wildman–Crippen MR) is 156 cm³/mol. The van der Waals surface area contributed by atoms with Gasteiger partial charge in [-0.25, -0.2) is 15.0 Å². The Hall–Kier alpha value is -3.58. The van der Waals surface area contributed by atoms with Crippen LogP contribution in [0.5, 0.6) is 0 Å². The topological polar surface area (TPSA) is 56.1 Å². The molecule has 5 aromatic rings. The molecule has 0 bridgehead atoms. The van der Waals surface area contributed by atoms with E-state index in [1.165, 1.54) is 0 Å². The zero-order valence-electron chi connectivity index (χ0n) is 23.3. The molecule has 4 aromatic carbocycles. The van der Waals surface area contributed by atoms with Crippen LogP contribution >= 0.6 is 0 Å². The SMILES string of the molecule is [Cl-].[Cl-].[Cl-].[V+3].c1ccc(C2N=C(c3cccc(C4=NC(c5ccccc5)C(c5ccccc5)O4)n3)OC2c2ccccc2)cc1. The third-order valence-corrected chi connectivity index (χ3v) is 7.29. The van der Waals surface area contributed by atoms with E-state index < -0.39 is 0 Å². The van der Waals surface area contributed by atoms with Gasteiger partial charge in [-0.1, -0.05) is 127 Å². The summed E-state index contributed by atoms with van der Waals surface area (Å²) in [4.78, 5) is 15.0. The van der Waals surface area contributed by atoms with Crippen molar-refractivity contribution in [1.82, 2.24) is 4.98 Å². The maximum absolute atomic E-state index is 6.51. The molecule has 0 saturated heterocycles. The van der Waals surface area contributed by atoms with Gasteiger partial charge in [-0.05, 0) is 34.4 Å². The molecule has 2 aliphatic heterocycles. The molecular formula is C35H27Cl3N3O2V. The van der Waals surface area contributed by atoms with Crippen molar-refractivity contribution >= 4 is 11.8 Å². The average Bonchev–Trinajstić information content (AvgIpc) is 3.69. The molecule has 3 heterocycles. The summed E-state index contributed by atoms with van der Waals surface area (Å²) in [5.41, 5.74) is 5.66. The summed E-state index contributed by atoms with van der Waals surface area (Å²) < 4.78 is 13.0. The van der Waals surface area contributed by atoms with Crippen molar-refractivity contribution in [3.63, 3.8) is 0 Å². The minimum atomic E-state index is -0.242. The van der Waals surface area contributed by atoms with Gasteiger partial charge >= 0.3 is 18.6 Å². The van der Waals surface area contributed by atoms with Crippen molar-refractivity contribution in [3.05, 3.63) is 173 Å². The van der Waals surface area contributed by atoms with Crippen LogP contribution in [0.2, 0.25) is 0 Å². The molecule has 9 heteroatoms. The first-order chi connectivity index (χ1) is 19.8. The number of halogens is 3. The fourth-order valence-electron chi connectivity index (χ4n) is 5.33. The van der Waals surface area contributed by atoms with Crippen LogP contribution in [0.4, 0.5) is 0 Å². The van der Waals surface area contributed by atoms with Gasteiger partial charge in [0, 0.05) is 0 Å². The van der Waals surface area contributed by atoms with Crippen LogP contribution in [0, 0.1) is 0 Å². The van der Waals surface area contributed by atoms with E-state index in [0.717, 1.165) is 22.3 Å². The number of aliphatic imine (C=N–C) groups is 2. The summed E-state index contributed by atoms with van der Waals surface area (Å²) in [5, 5.41) is 0. The van der Waals surface area contributed by atoms with Crippen molar-refractivity contribution < 1.29 is 65.3 Å². The molecule has 0 amide bonds. The molecule has 4 unspecified atom stereocenters. The average molecular weight is 679 g/mol. The van der Waals surface area contributed by atoms with Gasteiger partial charge in [0.15, 0.2) is 12.2 Å². The second kappa shape index (κ2) is 15.9. The summed E-state index contributed by atoms with van der Waals surface area (Å²) in [5.74, 6) is 1.03. The Morgan fingerprint density at radius 3 is 1.05 bits per heavy atom. The predicted octanol–water partition coefficient (Wildman–Crippen LogP) is -1.39. The number of ether oxygens (including phenoxy) is 2. The molecule has 7 rings (SSSR count). The van der Waals surface area contributed by atoms with Crippen molar-refractivity contribution in [2.75, 3.05) is 0 Å². The number of benzene rings is 4. The van der Waals surface area contributed by atoms with Crippen LogP contribution in [-0.2, 0) is 28.0 Å². The van der Waals surface area contributed by atoms with Crippen molar-refractivity contribution in [2.24, 2.45) is 9.98 Å². The molecular weight excluding hydrogens is 652 g/mol. The van der Waals surface area contributed by atoms with Crippen LogP contribution in [-0.4, -0.2) is 16.8 Å². The van der Waals surface area contributed by atoms with E-state index in [0.29, 0.717) is 23.2 Å². The maximum Gasteiger partial charge on any atom is 3.00 e. The summed E-state index contributed by atoms with van der Waals surface area (Å²) in [6.45, 7) is 0. The first-order valence-electron chi connectivity index (χ1n) is 13.5. The summed E-state index contributed by atoms with van der Waals surface area (Å²) in [6.07, 6.45) is -0.483. The minimum absolute atomic E-state index is 0. The van der Waals surface area contributed by atoms with Gasteiger partial charge in [-0.2, -0.15) is 0 Å². The molecule has 2 aliphatic rings. The van der Waals surface area contributed by atoms with Crippen LogP contribution in [0.25, 0.3) is 0 Å². The molecule has 0 saturated carbocycles. The van der Waals surface area contributed by atoms with Gasteiger partial charge in [0.2, 0.25) is 11.8 Å². The number of nitrogens with zero attached hydrogens (tertiary/aromatic N) is 3. The number of hydrogen-bond acceptors (Lipinski definition) is 5. The van der Waals surface area contributed by atoms with E-state index in [4.69, 9.17) is 24.4 Å². The standard InChI is InChI=1S/C35H27N3O2.3ClH.V/c1-5-14-24(15-6-1)30-32(26-18-9-3-10-19-26)39-34(37-30)28-22-13-23-29(36-28)35-38-31(25-16-7-2-8-17-25)33(40-35)27-20-11-4-12-21-27;;;;/h1-23,30-33H;3*1H;/q;;;;+3/p-3. The van der Waals surface area contributed by atoms with Gasteiger partial charge in [-0.15, -0.1) is 0 Å². The van der Waals surface area contributed by atoms with Crippen LogP contribution in [0.3, 0.4) is 0 Å². The zero-order chi connectivity index (χ0) is 26.7. The first-order valence-corrected chi connectivity index (χ1v) is 13.5. The molecule has 44 heavy (non-hydrogen) atoms. The van der Waals surface area contributed by atoms with E-state index in [-0.39, 0.29) is 80.1 Å². The van der Waals surface area contributed by atoms with Crippen LogP contribution < -0.4 is 37.2 Å². The molecule has 4 atom stereocenters. The second-order valence-corrected chi connectivity index (χ2v) is 9.89. The summed E-state index contributed by atoms with van der Waals surface area (Å²) in [7, 11) is 0. The Morgan fingerprint density at radius 2 is 0.705 bits per heavy atom. The Kier molecular flexibility index (Phi) is 12.6. The number of aromatic nitrogens is 1. The minimum Gasteiger partial charge on any atom is -1.00 e. The molecule has 1 aromatic heterocycles. The van der Waals surface area contributed by atoms with Crippen molar-refractivity contribution in [3.8, 4) is 0 Å². The Morgan fingerprint density at radius 1 is 0.386 bits per heavy atom. The molecule has 0 fully saturated rings. The Bertz CT molecular complexity index is 1560. The van der Waals surface area contributed by atoms with Gasteiger partial charge in [-0.3, -0.25) is 0 Å².